The number of Topliss-reactive ketones (excluding diaryl/α,β-unsaturated/α-hetero) is 1. The Labute approximate surface area is 130 Å². The number of rotatable bonds is 5. The summed E-state index contributed by atoms with van der Waals surface area (Å²) in [5.41, 5.74) is 0. The third kappa shape index (κ3) is 4.69. The van der Waals surface area contributed by atoms with E-state index in [1.54, 1.807) is 0 Å². The van der Waals surface area contributed by atoms with Gasteiger partial charge in [-0.05, 0) is 32.2 Å². The summed E-state index contributed by atoms with van der Waals surface area (Å²) in [6.07, 6.45) is 4.06. The number of hydrogen-bond acceptors (Lipinski definition) is 4. The summed E-state index contributed by atoms with van der Waals surface area (Å²) < 4.78 is 0. The topological polar surface area (TPSA) is 81.2 Å². The molecule has 2 aliphatic rings. The van der Waals surface area contributed by atoms with Crippen LogP contribution in [0.4, 0.5) is 4.79 Å². The molecule has 2 fully saturated rings. The van der Waals surface area contributed by atoms with Crippen molar-refractivity contribution in [3.63, 3.8) is 0 Å². The second kappa shape index (κ2) is 8.12. The number of ketones is 1. The second-order valence-electron chi connectivity index (χ2n) is 5.99. The highest BCUT2D eigenvalue weighted by Gasteiger charge is 2.26. The molecule has 0 aromatic carbocycles. The van der Waals surface area contributed by atoms with Gasteiger partial charge >= 0.3 is 12.0 Å². The van der Waals surface area contributed by atoms with E-state index in [0.29, 0.717) is 26.1 Å². The number of nitrogens with zero attached hydrogens (tertiary/aromatic N) is 3. The van der Waals surface area contributed by atoms with Crippen LogP contribution in [0.25, 0.3) is 0 Å². The number of urea groups is 1. The fourth-order valence-corrected chi connectivity index (χ4v) is 3.02. The fourth-order valence-electron chi connectivity index (χ4n) is 3.02. The molecule has 0 bridgehead atoms. The van der Waals surface area contributed by atoms with Crippen molar-refractivity contribution in [1.82, 2.24) is 14.7 Å². The van der Waals surface area contributed by atoms with Crippen LogP contribution >= 0.6 is 0 Å². The van der Waals surface area contributed by atoms with Gasteiger partial charge in [0.1, 0.15) is 0 Å². The highest BCUT2D eigenvalue weighted by Crippen LogP contribution is 2.13. The standard InChI is InChI=1S/C15H25N3O4/c19-13(14(20)21)5-4-6-16-9-11-18(12-10-16)15(22)17-7-2-1-3-8-17/h1-12H2,(H,20,21). The zero-order chi connectivity index (χ0) is 15.9. The number of hydrogen-bond donors (Lipinski definition) is 1. The van der Waals surface area contributed by atoms with Crippen molar-refractivity contribution < 1.29 is 19.5 Å². The minimum absolute atomic E-state index is 0.0856. The molecule has 0 unspecified atom stereocenters. The maximum Gasteiger partial charge on any atom is 0.372 e. The van der Waals surface area contributed by atoms with Crippen LogP contribution in [0.2, 0.25) is 0 Å². The Morgan fingerprint density at radius 3 is 2.00 bits per heavy atom. The summed E-state index contributed by atoms with van der Waals surface area (Å²) in [5.74, 6) is -2.07. The number of likely N-dealkylation sites (tertiary alicyclic amines) is 1. The molecular formula is C15H25N3O4. The van der Waals surface area contributed by atoms with E-state index < -0.39 is 11.8 Å². The van der Waals surface area contributed by atoms with E-state index in [9.17, 15) is 14.4 Å². The normalized spacial score (nSPS) is 20.0. The Balaban J connectivity index is 1.66. The first kappa shape index (κ1) is 16.7. The van der Waals surface area contributed by atoms with E-state index in [1.807, 2.05) is 9.80 Å². The fraction of sp³-hybridized carbons (Fsp3) is 0.800. The first-order valence-electron chi connectivity index (χ1n) is 8.10. The van der Waals surface area contributed by atoms with Gasteiger partial charge in [0, 0.05) is 45.7 Å². The monoisotopic (exact) mass is 311 g/mol. The summed E-state index contributed by atoms with van der Waals surface area (Å²) in [6, 6.07) is 0.153. The first-order chi connectivity index (χ1) is 10.6. The Bertz CT molecular complexity index is 413. The van der Waals surface area contributed by atoms with E-state index in [-0.39, 0.29) is 12.5 Å². The van der Waals surface area contributed by atoms with Crippen LogP contribution in [-0.4, -0.2) is 83.4 Å². The number of piperazine rings is 1. The highest BCUT2D eigenvalue weighted by atomic mass is 16.4. The van der Waals surface area contributed by atoms with Crippen molar-refractivity contribution in [2.24, 2.45) is 0 Å². The molecule has 2 rings (SSSR count). The molecule has 1 N–H and O–H groups in total. The molecule has 0 atom stereocenters. The second-order valence-corrected chi connectivity index (χ2v) is 5.99. The predicted molar refractivity (Wildman–Crippen MR) is 80.7 cm³/mol. The molecule has 2 amide bonds. The van der Waals surface area contributed by atoms with Crippen molar-refractivity contribution in [3.8, 4) is 0 Å². The minimum Gasteiger partial charge on any atom is -0.476 e. The molecule has 7 heteroatoms. The van der Waals surface area contributed by atoms with E-state index in [0.717, 1.165) is 39.0 Å². The minimum atomic E-state index is -1.35. The van der Waals surface area contributed by atoms with E-state index in [1.165, 1.54) is 6.42 Å². The van der Waals surface area contributed by atoms with Crippen LogP contribution in [-0.2, 0) is 9.59 Å². The Morgan fingerprint density at radius 1 is 0.818 bits per heavy atom. The molecule has 0 saturated carbocycles. The number of carboxylic acids is 1. The van der Waals surface area contributed by atoms with Gasteiger partial charge < -0.3 is 14.9 Å². The van der Waals surface area contributed by atoms with Crippen molar-refractivity contribution in [1.29, 1.82) is 0 Å². The van der Waals surface area contributed by atoms with Gasteiger partial charge in [-0.25, -0.2) is 9.59 Å². The van der Waals surface area contributed by atoms with Gasteiger partial charge in [-0.1, -0.05) is 0 Å². The molecule has 2 heterocycles. The molecule has 0 spiro atoms. The number of aliphatic carboxylic acids is 1. The number of carbonyl (C=O) groups is 3. The smallest absolute Gasteiger partial charge is 0.372 e. The SMILES string of the molecule is O=C(O)C(=O)CCCN1CCN(C(=O)N2CCCCC2)CC1. The Hall–Kier alpha value is -1.63. The molecule has 7 nitrogen and oxygen atoms in total. The van der Waals surface area contributed by atoms with E-state index in [4.69, 9.17) is 5.11 Å². The molecule has 2 aliphatic heterocycles. The third-order valence-corrected chi connectivity index (χ3v) is 4.39. The zero-order valence-electron chi connectivity index (χ0n) is 13.0. The van der Waals surface area contributed by atoms with Crippen molar-refractivity contribution in [3.05, 3.63) is 0 Å². The highest BCUT2D eigenvalue weighted by molar-refractivity contribution is 6.32. The van der Waals surface area contributed by atoms with Gasteiger partial charge in [-0.15, -0.1) is 0 Å². The van der Waals surface area contributed by atoms with Gasteiger partial charge in [0.15, 0.2) is 0 Å². The maximum absolute atomic E-state index is 12.4. The molecule has 0 aliphatic carbocycles. The van der Waals surface area contributed by atoms with Crippen molar-refractivity contribution >= 4 is 17.8 Å². The van der Waals surface area contributed by atoms with Gasteiger partial charge in [0.25, 0.3) is 0 Å². The summed E-state index contributed by atoms with van der Waals surface area (Å²) >= 11 is 0. The third-order valence-electron chi connectivity index (χ3n) is 4.39. The molecular weight excluding hydrogens is 286 g/mol. The van der Waals surface area contributed by atoms with Crippen LogP contribution in [0.15, 0.2) is 0 Å². The number of carbonyl (C=O) groups excluding carboxylic acids is 2. The number of piperidine rings is 1. The molecule has 22 heavy (non-hydrogen) atoms. The first-order valence-corrected chi connectivity index (χ1v) is 8.10. The lowest BCUT2D eigenvalue weighted by atomic mass is 10.1. The van der Waals surface area contributed by atoms with Crippen molar-refractivity contribution in [2.75, 3.05) is 45.8 Å². The zero-order valence-corrected chi connectivity index (χ0v) is 13.0. The number of carboxylic acid groups (broad SMARTS) is 1. The largest absolute Gasteiger partial charge is 0.476 e. The van der Waals surface area contributed by atoms with Gasteiger partial charge in [-0.3, -0.25) is 9.69 Å². The summed E-state index contributed by atoms with van der Waals surface area (Å²) in [7, 11) is 0. The molecule has 0 aromatic heterocycles. The van der Waals surface area contributed by atoms with Crippen LogP contribution < -0.4 is 0 Å². The lowest BCUT2D eigenvalue weighted by Crippen LogP contribution is -2.53. The van der Waals surface area contributed by atoms with Crippen LogP contribution in [0.3, 0.4) is 0 Å². The average molecular weight is 311 g/mol. The molecule has 124 valence electrons. The average Bonchev–Trinajstić information content (AvgIpc) is 2.55. The quantitative estimate of drug-likeness (QED) is 0.754. The van der Waals surface area contributed by atoms with Crippen LogP contribution in [0.5, 0.6) is 0 Å². The molecule has 0 radical (unpaired) electrons. The summed E-state index contributed by atoms with van der Waals surface area (Å²) in [4.78, 5) is 39.9. The number of amides is 2. The van der Waals surface area contributed by atoms with Gasteiger partial charge in [-0.2, -0.15) is 0 Å². The Kier molecular flexibility index (Phi) is 6.18. The Morgan fingerprint density at radius 2 is 1.41 bits per heavy atom. The lowest BCUT2D eigenvalue weighted by Gasteiger charge is -2.38. The summed E-state index contributed by atoms with van der Waals surface area (Å²) in [5, 5.41) is 8.53. The van der Waals surface area contributed by atoms with Crippen LogP contribution in [0, 0.1) is 0 Å². The van der Waals surface area contributed by atoms with E-state index >= 15 is 0 Å². The van der Waals surface area contributed by atoms with Gasteiger partial charge in [0.2, 0.25) is 5.78 Å². The van der Waals surface area contributed by atoms with Crippen LogP contribution in [0.1, 0.15) is 32.1 Å². The lowest BCUT2D eigenvalue weighted by molar-refractivity contribution is -0.149. The van der Waals surface area contributed by atoms with Gasteiger partial charge in [0.05, 0.1) is 0 Å². The molecule has 2 saturated heterocycles. The predicted octanol–water partition coefficient (Wildman–Crippen LogP) is 0.644. The van der Waals surface area contributed by atoms with E-state index in [2.05, 4.69) is 4.90 Å². The van der Waals surface area contributed by atoms with Crippen molar-refractivity contribution in [2.45, 2.75) is 32.1 Å². The summed E-state index contributed by atoms with van der Waals surface area (Å²) in [6.45, 7) is 5.46. The molecule has 0 aromatic rings. The maximum atomic E-state index is 12.4.